The smallest absolute Gasteiger partial charge is 0.240 e. The van der Waals surface area contributed by atoms with Gasteiger partial charge >= 0.3 is 0 Å². The maximum absolute atomic E-state index is 12.5. The second-order valence-corrected chi connectivity index (χ2v) is 8.05. The zero-order chi connectivity index (χ0) is 18.7. The molecule has 2 aromatic rings. The van der Waals surface area contributed by atoms with Crippen LogP contribution in [0.2, 0.25) is 0 Å². The summed E-state index contributed by atoms with van der Waals surface area (Å²) in [6, 6.07) is 15.4. The van der Waals surface area contributed by atoms with Crippen LogP contribution in [0.4, 0.5) is 5.69 Å². The van der Waals surface area contributed by atoms with Crippen molar-refractivity contribution in [2.45, 2.75) is 30.6 Å². The summed E-state index contributed by atoms with van der Waals surface area (Å²) in [6.07, 6.45) is 0.385. The number of benzene rings is 2. The van der Waals surface area contributed by atoms with E-state index in [1.807, 2.05) is 37.3 Å². The van der Waals surface area contributed by atoms with Gasteiger partial charge in [-0.15, -0.1) is 0 Å². The molecule has 7 heteroatoms. The Morgan fingerprint density at radius 3 is 2.12 bits per heavy atom. The second-order valence-electron chi connectivity index (χ2n) is 6.28. The van der Waals surface area contributed by atoms with E-state index in [0.29, 0.717) is 5.69 Å². The van der Waals surface area contributed by atoms with Crippen molar-refractivity contribution in [3.8, 4) is 0 Å². The lowest BCUT2D eigenvalue weighted by Gasteiger charge is -2.15. The summed E-state index contributed by atoms with van der Waals surface area (Å²) in [5.41, 5.74) is 1.45. The fourth-order valence-electron chi connectivity index (χ4n) is 2.86. The van der Waals surface area contributed by atoms with E-state index in [2.05, 4.69) is 4.72 Å². The van der Waals surface area contributed by atoms with Gasteiger partial charge in [0.2, 0.25) is 21.8 Å². The number of anilines is 1. The standard InChI is InChI=1S/C19H20N2O4S/c1-14(15-5-3-2-4-6-15)13-20-26(24,25)17-9-7-16(8-10-17)21-18(22)11-12-19(21)23/h2-10,14,20H,11-13H2,1H3/t14-/m1/s1. The van der Waals surface area contributed by atoms with Crippen molar-refractivity contribution in [1.29, 1.82) is 0 Å². The number of nitrogens with zero attached hydrogens (tertiary/aromatic N) is 1. The van der Waals surface area contributed by atoms with Gasteiger partial charge in [0.15, 0.2) is 0 Å². The number of sulfonamides is 1. The first kappa shape index (κ1) is 18.3. The molecular weight excluding hydrogens is 352 g/mol. The Morgan fingerprint density at radius 1 is 0.962 bits per heavy atom. The number of carbonyl (C=O) groups excluding carboxylic acids is 2. The Kier molecular flexibility index (Phi) is 5.20. The van der Waals surface area contributed by atoms with Gasteiger partial charge in [0.25, 0.3) is 0 Å². The quantitative estimate of drug-likeness (QED) is 0.790. The molecular formula is C19H20N2O4S. The largest absolute Gasteiger partial charge is 0.274 e. The van der Waals surface area contributed by atoms with Gasteiger partial charge in [-0.3, -0.25) is 14.5 Å². The van der Waals surface area contributed by atoms with Crippen LogP contribution in [0.25, 0.3) is 0 Å². The van der Waals surface area contributed by atoms with Gasteiger partial charge in [0.1, 0.15) is 0 Å². The van der Waals surface area contributed by atoms with Crippen molar-refractivity contribution < 1.29 is 18.0 Å². The molecule has 0 radical (unpaired) electrons. The molecule has 1 aliphatic heterocycles. The van der Waals surface area contributed by atoms with Crippen LogP contribution in [0.1, 0.15) is 31.2 Å². The minimum atomic E-state index is -3.67. The van der Waals surface area contributed by atoms with Crippen LogP contribution >= 0.6 is 0 Å². The summed E-state index contributed by atoms with van der Waals surface area (Å²) in [4.78, 5) is 24.7. The molecule has 1 atom stereocenters. The van der Waals surface area contributed by atoms with Crippen LogP contribution in [-0.4, -0.2) is 26.8 Å². The zero-order valence-corrected chi connectivity index (χ0v) is 15.2. The van der Waals surface area contributed by atoms with Crippen molar-refractivity contribution in [3.05, 3.63) is 60.2 Å². The molecule has 26 heavy (non-hydrogen) atoms. The Morgan fingerprint density at radius 2 is 1.54 bits per heavy atom. The summed E-state index contributed by atoms with van der Waals surface area (Å²) in [7, 11) is -3.67. The molecule has 2 amide bonds. The van der Waals surface area contributed by atoms with Crippen LogP contribution < -0.4 is 9.62 Å². The highest BCUT2D eigenvalue weighted by atomic mass is 32.2. The van der Waals surface area contributed by atoms with E-state index in [9.17, 15) is 18.0 Å². The third kappa shape index (κ3) is 3.84. The Labute approximate surface area is 152 Å². The van der Waals surface area contributed by atoms with Crippen molar-refractivity contribution >= 4 is 27.5 Å². The third-order valence-electron chi connectivity index (χ3n) is 4.40. The van der Waals surface area contributed by atoms with E-state index in [0.717, 1.165) is 10.5 Å². The highest BCUT2D eigenvalue weighted by Gasteiger charge is 2.30. The minimum Gasteiger partial charge on any atom is -0.274 e. The average Bonchev–Trinajstić information content (AvgIpc) is 2.99. The molecule has 6 nitrogen and oxygen atoms in total. The summed E-state index contributed by atoms with van der Waals surface area (Å²) in [5.74, 6) is -0.495. The lowest BCUT2D eigenvalue weighted by atomic mass is 10.0. The molecule has 1 fully saturated rings. The van der Waals surface area contributed by atoms with Gasteiger partial charge in [-0.1, -0.05) is 37.3 Å². The van der Waals surface area contributed by atoms with Crippen LogP contribution in [-0.2, 0) is 19.6 Å². The molecule has 136 valence electrons. The molecule has 0 saturated carbocycles. The highest BCUT2D eigenvalue weighted by molar-refractivity contribution is 7.89. The van der Waals surface area contributed by atoms with Crippen molar-refractivity contribution in [2.24, 2.45) is 0 Å². The Balaban J connectivity index is 1.69. The first-order valence-electron chi connectivity index (χ1n) is 8.39. The van der Waals surface area contributed by atoms with Gasteiger partial charge < -0.3 is 0 Å². The van der Waals surface area contributed by atoms with Crippen LogP contribution in [0.15, 0.2) is 59.5 Å². The van der Waals surface area contributed by atoms with Gasteiger partial charge in [0.05, 0.1) is 10.6 Å². The van der Waals surface area contributed by atoms with Crippen LogP contribution in [0.3, 0.4) is 0 Å². The predicted molar refractivity (Wildman–Crippen MR) is 98.2 cm³/mol. The maximum Gasteiger partial charge on any atom is 0.240 e. The van der Waals surface area contributed by atoms with E-state index in [-0.39, 0.29) is 42.0 Å². The first-order valence-corrected chi connectivity index (χ1v) is 9.87. The highest BCUT2D eigenvalue weighted by Crippen LogP contribution is 2.24. The normalized spacial score (nSPS) is 16.1. The summed E-state index contributed by atoms with van der Waals surface area (Å²) >= 11 is 0. The SMILES string of the molecule is C[C@H](CNS(=O)(=O)c1ccc(N2C(=O)CCC2=O)cc1)c1ccccc1. The van der Waals surface area contributed by atoms with Crippen molar-refractivity contribution in [3.63, 3.8) is 0 Å². The zero-order valence-electron chi connectivity index (χ0n) is 14.4. The summed E-state index contributed by atoms with van der Waals surface area (Å²) < 4.78 is 27.5. The number of nitrogens with one attached hydrogen (secondary N) is 1. The second kappa shape index (κ2) is 7.39. The predicted octanol–water partition coefficient (Wildman–Crippen LogP) is 2.42. The molecule has 0 spiro atoms. The van der Waals surface area contributed by atoms with Gasteiger partial charge in [-0.05, 0) is 35.7 Å². The summed E-state index contributed by atoms with van der Waals surface area (Å²) in [5, 5.41) is 0. The topological polar surface area (TPSA) is 83.6 Å². The Hall–Kier alpha value is -2.51. The molecule has 1 N–H and O–H groups in total. The Bertz CT molecular complexity index is 892. The molecule has 3 rings (SSSR count). The number of amides is 2. The monoisotopic (exact) mass is 372 g/mol. The van der Waals surface area contributed by atoms with E-state index in [1.54, 1.807) is 0 Å². The number of imide groups is 1. The third-order valence-corrected chi connectivity index (χ3v) is 5.84. The number of rotatable bonds is 6. The first-order chi connectivity index (χ1) is 12.4. The average molecular weight is 372 g/mol. The molecule has 0 aliphatic carbocycles. The van der Waals surface area contributed by atoms with E-state index < -0.39 is 10.0 Å². The van der Waals surface area contributed by atoms with Crippen LogP contribution in [0, 0.1) is 0 Å². The van der Waals surface area contributed by atoms with Gasteiger partial charge in [-0.2, -0.15) is 0 Å². The molecule has 1 aliphatic rings. The molecule has 0 unspecified atom stereocenters. The van der Waals surface area contributed by atoms with E-state index in [4.69, 9.17) is 0 Å². The van der Waals surface area contributed by atoms with Gasteiger partial charge in [0, 0.05) is 19.4 Å². The number of hydrogen-bond donors (Lipinski definition) is 1. The maximum atomic E-state index is 12.5. The lowest BCUT2D eigenvalue weighted by Crippen LogP contribution is -2.29. The fraction of sp³-hybridized carbons (Fsp3) is 0.263. The number of carbonyl (C=O) groups is 2. The molecule has 0 bridgehead atoms. The minimum absolute atomic E-state index is 0.0325. The number of hydrogen-bond acceptors (Lipinski definition) is 4. The van der Waals surface area contributed by atoms with Crippen LogP contribution in [0.5, 0.6) is 0 Å². The van der Waals surface area contributed by atoms with E-state index >= 15 is 0 Å². The fourth-order valence-corrected chi connectivity index (χ4v) is 3.99. The van der Waals surface area contributed by atoms with Crippen molar-refractivity contribution in [1.82, 2.24) is 4.72 Å². The molecule has 1 saturated heterocycles. The van der Waals surface area contributed by atoms with Crippen molar-refractivity contribution in [2.75, 3.05) is 11.4 Å². The molecule has 2 aromatic carbocycles. The summed E-state index contributed by atoms with van der Waals surface area (Å²) in [6.45, 7) is 2.22. The van der Waals surface area contributed by atoms with E-state index in [1.165, 1.54) is 24.3 Å². The molecule has 1 heterocycles. The molecule has 0 aromatic heterocycles. The lowest BCUT2D eigenvalue weighted by molar-refractivity contribution is -0.121. The van der Waals surface area contributed by atoms with Gasteiger partial charge in [-0.25, -0.2) is 13.1 Å².